The summed E-state index contributed by atoms with van der Waals surface area (Å²) in [6.07, 6.45) is 5.98. The summed E-state index contributed by atoms with van der Waals surface area (Å²) in [5.74, 6) is 0.104. The van der Waals surface area contributed by atoms with Crippen molar-refractivity contribution in [3.8, 4) is 0 Å². The van der Waals surface area contributed by atoms with Crippen molar-refractivity contribution < 1.29 is 14.1 Å². The highest BCUT2D eigenvalue weighted by Gasteiger charge is 2.51. The highest BCUT2D eigenvalue weighted by atomic mass is 16.7. The Morgan fingerprint density at radius 2 is 1.52 bits per heavy atom. The van der Waals surface area contributed by atoms with Crippen LogP contribution in [0, 0.1) is 0 Å². The smallest absolute Gasteiger partial charge is 0.399 e. The van der Waals surface area contributed by atoms with Crippen molar-refractivity contribution in [2.24, 2.45) is 0 Å². The lowest BCUT2D eigenvalue weighted by atomic mass is 9.79. The van der Waals surface area contributed by atoms with E-state index in [2.05, 4.69) is 0 Å². The maximum atomic E-state index is 12.7. The summed E-state index contributed by atoms with van der Waals surface area (Å²) in [5, 5.41) is 0. The van der Waals surface area contributed by atoms with Crippen LogP contribution in [-0.2, 0) is 9.31 Å². The number of hydrogen-bond acceptors (Lipinski definition) is 3. The van der Waals surface area contributed by atoms with E-state index in [1.54, 1.807) is 0 Å². The molecule has 1 amide bonds. The topological polar surface area (TPSA) is 38.8 Å². The van der Waals surface area contributed by atoms with Crippen molar-refractivity contribution in [2.75, 3.05) is 7.05 Å². The van der Waals surface area contributed by atoms with Gasteiger partial charge in [-0.05, 0) is 58.1 Å². The van der Waals surface area contributed by atoms with Gasteiger partial charge in [0.15, 0.2) is 0 Å². The predicted octanol–water partition coefficient (Wildman–Crippen LogP) is 3.39. The van der Waals surface area contributed by atoms with Crippen LogP contribution in [0.3, 0.4) is 0 Å². The summed E-state index contributed by atoms with van der Waals surface area (Å²) >= 11 is 0. The molecule has 1 aliphatic carbocycles. The quantitative estimate of drug-likeness (QED) is 0.790. The number of nitrogens with zero attached hydrogens (tertiary/aromatic N) is 1. The summed E-state index contributed by atoms with van der Waals surface area (Å²) in [6.45, 7) is 8.18. The molecule has 5 heteroatoms. The van der Waals surface area contributed by atoms with Crippen LogP contribution in [0.15, 0.2) is 24.3 Å². The third-order valence-corrected chi connectivity index (χ3v) is 6.13. The first-order chi connectivity index (χ1) is 11.7. The summed E-state index contributed by atoms with van der Waals surface area (Å²) in [5.41, 5.74) is 0.977. The van der Waals surface area contributed by atoms with Crippen molar-refractivity contribution in [3.63, 3.8) is 0 Å². The number of hydrogen-bond donors (Lipinski definition) is 0. The Kier molecular flexibility index (Phi) is 5.00. The zero-order valence-corrected chi connectivity index (χ0v) is 16.2. The Bertz CT molecular complexity index is 604. The molecule has 1 aromatic carbocycles. The predicted molar refractivity (Wildman–Crippen MR) is 101 cm³/mol. The zero-order valence-electron chi connectivity index (χ0n) is 16.2. The highest BCUT2D eigenvalue weighted by molar-refractivity contribution is 6.62. The van der Waals surface area contributed by atoms with Gasteiger partial charge in [0.2, 0.25) is 0 Å². The van der Waals surface area contributed by atoms with Gasteiger partial charge in [-0.2, -0.15) is 0 Å². The SMILES string of the molecule is CN(C(=O)c1ccc(B2OC(C)(C)C(C)(C)O2)cc1)C1CCCCC1. The van der Waals surface area contributed by atoms with Crippen LogP contribution in [-0.4, -0.2) is 42.2 Å². The maximum Gasteiger partial charge on any atom is 0.494 e. The minimum Gasteiger partial charge on any atom is -0.399 e. The summed E-state index contributed by atoms with van der Waals surface area (Å²) < 4.78 is 12.2. The van der Waals surface area contributed by atoms with Gasteiger partial charge in [-0.1, -0.05) is 31.4 Å². The highest BCUT2D eigenvalue weighted by Crippen LogP contribution is 2.36. The van der Waals surface area contributed by atoms with Gasteiger partial charge in [0, 0.05) is 18.7 Å². The lowest BCUT2D eigenvalue weighted by Crippen LogP contribution is -2.41. The number of rotatable bonds is 3. The first-order valence-electron chi connectivity index (χ1n) is 9.44. The zero-order chi connectivity index (χ0) is 18.2. The Morgan fingerprint density at radius 1 is 1.00 bits per heavy atom. The van der Waals surface area contributed by atoms with E-state index >= 15 is 0 Å². The molecule has 0 unspecified atom stereocenters. The van der Waals surface area contributed by atoms with Crippen LogP contribution in [0.2, 0.25) is 0 Å². The third-order valence-electron chi connectivity index (χ3n) is 6.13. The van der Waals surface area contributed by atoms with Crippen LogP contribution >= 0.6 is 0 Å². The van der Waals surface area contributed by atoms with Crippen LogP contribution in [0.25, 0.3) is 0 Å². The molecule has 0 bridgehead atoms. The second kappa shape index (κ2) is 6.77. The molecule has 1 saturated heterocycles. The lowest BCUT2D eigenvalue weighted by Gasteiger charge is -2.32. The van der Waals surface area contributed by atoms with E-state index < -0.39 is 0 Å². The molecule has 2 fully saturated rings. The molecule has 0 spiro atoms. The summed E-state index contributed by atoms with van der Waals surface area (Å²) in [4.78, 5) is 14.7. The van der Waals surface area contributed by atoms with E-state index in [1.807, 2.05) is 63.9 Å². The second-order valence-electron chi connectivity index (χ2n) is 8.42. The standard InChI is InChI=1S/C20H30BNO3/c1-19(2)20(3,4)25-21(24-19)16-13-11-15(12-14-16)18(23)22(5)17-9-7-6-8-10-17/h11-14,17H,6-10H2,1-5H3. The van der Waals surface area contributed by atoms with E-state index in [-0.39, 0.29) is 24.2 Å². The normalized spacial score (nSPS) is 22.8. The molecule has 0 N–H and O–H groups in total. The first-order valence-corrected chi connectivity index (χ1v) is 9.44. The first kappa shape index (κ1) is 18.5. The fraction of sp³-hybridized carbons (Fsp3) is 0.650. The van der Waals surface area contributed by atoms with Crippen LogP contribution in [0.5, 0.6) is 0 Å². The number of carbonyl (C=O) groups excluding carboxylic acids is 1. The minimum absolute atomic E-state index is 0.104. The molecule has 1 aromatic rings. The van der Waals surface area contributed by atoms with Gasteiger partial charge in [-0.15, -0.1) is 0 Å². The van der Waals surface area contributed by atoms with Crippen molar-refractivity contribution in [3.05, 3.63) is 29.8 Å². The van der Waals surface area contributed by atoms with E-state index in [4.69, 9.17) is 9.31 Å². The minimum atomic E-state index is -0.384. The molecule has 1 heterocycles. The Morgan fingerprint density at radius 3 is 2.04 bits per heavy atom. The van der Waals surface area contributed by atoms with E-state index in [1.165, 1.54) is 19.3 Å². The van der Waals surface area contributed by atoms with Gasteiger partial charge in [0.25, 0.3) is 5.91 Å². The van der Waals surface area contributed by atoms with Crippen molar-refractivity contribution in [2.45, 2.75) is 77.0 Å². The van der Waals surface area contributed by atoms with Crippen molar-refractivity contribution >= 4 is 18.5 Å². The lowest BCUT2D eigenvalue weighted by molar-refractivity contribution is 0.00578. The Labute approximate surface area is 152 Å². The van der Waals surface area contributed by atoms with Gasteiger partial charge >= 0.3 is 7.12 Å². The molecular formula is C20H30BNO3. The summed E-state index contributed by atoms with van der Waals surface area (Å²) in [7, 11) is 1.55. The molecular weight excluding hydrogens is 313 g/mol. The number of amides is 1. The fourth-order valence-corrected chi connectivity index (χ4v) is 3.60. The Hall–Kier alpha value is -1.33. The average molecular weight is 343 g/mol. The monoisotopic (exact) mass is 343 g/mol. The largest absolute Gasteiger partial charge is 0.494 e. The van der Waals surface area contributed by atoms with Gasteiger partial charge in [-0.3, -0.25) is 4.79 Å². The molecule has 2 aliphatic rings. The van der Waals surface area contributed by atoms with Crippen LogP contribution in [0.4, 0.5) is 0 Å². The average Bonchev–Trinajstić information content (AvgIpc) is 2.82. The second-order valence-corrected chi connectivity index (χ2v) is 8.42. The molecule has 4 nitrogen and oxygen atoms in total. The molecule has 3 rings (SSSR count). The molecule has 25 heavy (non-hydrogen) atoms. The maximum absolute atomic E-state index is 12.7. The van der Waals surface area contributed by atoms with E-state index in [0.717, 1.165) is 23.9 Å². The molecule has 0 atom stereocenters. The van der Waals surface area contributed by atoms with Crippen LogP contribution < -0.4 is 5.46 Å². The fourth-order valence-electron chi connectivity index (χ4n) is 3.60. The van der Waals surface area contributed by atoms with Gasteiger partial charge < -0.3 is 14.2 Å². The van der Waals surface area contributed by atoms with Crippen LogP contribution in [0.1, 0.15) is 70.2 Å². The molecule has 1 saturated carbocycles. The molecule has 136 valence electrons. The van der Waals surface area contributed by atoms with Crippen molar-refractivity contribution in [1.29, 1.82) is 0 Å². The Balaban J connectivity index is 1.69. The molecule has 1 aliphatic heterocycles. The third kappa shape index (κ3) is 3.63. The molecule has 0 radical (unpaired) electrons. The number of benzene rings is 1. The number of carbonyl (C=O) groups is 1. The van der Waals surface area contributed by atoms with Gasteiger partial charge in [0.1, 0.15) is 0 Å². The molecule has 0 aromatic heterocycles. The van der Waals surface area contributed by atoms with Crippen molar-refractivity contribution in [1.82, 2.24) is 4.90 Å². The summed E-state index contributed by atoms with van der Waals surface area (Å²) in [6, 6.07) is 8.06. The van der Waals surface area contributed by atoms with Gasteiger partial charge in [-0.25, -0.2) is 0 Å². The van der Waals surface area contributed by atoms with E-state index in [9.17, 15) is 4.79 Å². The van der Waals surface area contributed by atoms with Gasteiger partial charge in [0.05, 0.1) is 11.2 Å². The van der Waals surface area contributed by atoms with E-state index in [0.29, 0.717) is 6.04 Å².